The van der Waals surface area contributed by atoms with Crippen LogP contribution in [0.25, 0.3) is 0 Å². The van der Waals surface area contributed by atoms with Crippen LogP contribution in [0.3, 0.4) is 0 Å². The van der Waals surface area contributed by atoms with Gasteiger partial charge in [-0.05, 0) is 56.0 Å². The third-order valence-electron chi connectivity index (χ3n) is 4.04. The number of hydrogen-bond acceptors (Lipinski definition) is 3. The summed E-state index contributed by atoms with van der Waals surface area (Å²) in [5.41, 5.74) is 2.62. The number of nitrogens with zero attached hydrogens (tertiary/aromatic N) is 1. The molecule has 0 radical (unpaired) electrons. The normalized spacial score (nSPS) is 13.9. The molecule has 0 saturated carbocycles. The summed E-state index contributed by atoms with van der Waals surface area (Å²) in [6.07, 6.45) is 1.17. The van der Waals surface area contributed by atoms with Gasteiger partial charge in [-0.15, -0.1) is 11.3 Å². The van der Waals surface area contributed by atoms with Gasteiger partial charge in [0, 0.05) is 23.7 Å². The van der Waals surface area contributed by atoms with Crippen LogP contribution in [0.5, 0.6) is 0 Å². The number of rotatable bonds is 7. The van der Waals surface area contributed by atoms with E-state index in [1.165, 1.54) is 22.5 Å². The molecule has 1 aromatic heterocycles. The number of nitrogens with one attached hydrogen (secondary N) is 1. The van der Waals surface area contributed by atoms with Crippen LogP contribution in [0.15, 0.2) is 41.8 Å². The Morgan fingerprint density at radius 2 is 1.86 bits per heavy atom. The highest BCUT2D eigenvalue weighted by Gasteiger charge is 2.13. The van der Waals surface area contributed by atoms with E-state index in [2.05, 4.69) is 79.8 Å². The van der Waals surface area contributed by atoms with Gasteiger partial charge in [0.25, 0.3) is 0 Å². The van der Waals surface area contributed by atoms with Crippen LogP contribution in [0.1, 0.15) is 49.7 Å². The van der Waals surface area contributed by atoms with E-state index in [4.69, 9.17) is 0 Å². The molecule has 0 aliphatic rings. The predicted molar refractivity (Wildman–Crippen MR) is 94.3 cm³/mol. The Morgan fingerprint density at radius 1 is 1.14 bits per heavy atom. The molecule has 0 amide bonds. The van der Waals surface area contributed by atoms with Crippen LogP contribution in [-0.4, -0.2) is 13.6 Å². The van der Waals surface area contributed by atoms with Crippen LogP contribution in [0, 0.1) is 0 Å². The van der Waals surface area contributed by atoms with E-state index >= 15 is 0 Å². The van der Waals surface area contributed by atoms with Crippen molar-refractivity contribution in [2.75, 3.05) is 18.5 Å². The van der Waals surface area contributed by atoms with Crippen molar-refractivity contribution in [3.8, 4) is 0 Å². The molecule has 1 heterocycles. The van der Waals surface area contributed by atoms with Gasteiger partial charge in [-0.2, -0.15) is 0 Å². The molecular weight excluding hydrogens is 276 g/mol. The van der Waals surface area contributed by atoms with E-state index in [9.17, 15) is 0 Å². The number of benzene rings is 1. The fraction of sp³-hybridized carbons (Fsp3) is 0.444. The Morgan fingerprint density at radius 3 is 2.43 bits per heavy atom. The van der Waals surface area contributed by atoms with Crippen molar-refractivity contribution in [2.45, 2.75) is 39.3 Å². The molecule has 1 N–H and O–H groups in total. The summed E-state index contributed by atoms with van der Waals surface area (Å²) in [6.45, 7) is 7.75. The third-order valence-corrected chi connectivity index (χ3v) is 5.08. The summed E-state index contributed by atoms with van der Waals surface area (Å²) in [4.78, 5) is 3.74. The lowest BCUT2D eigenvalue weighted by Crippen LogP contribution is -2.21. The summed E-state index contributed by atoms with van der Waals surface area (Å²) < 4.78 is 0. The van der Waals surface area contributed by atoms with E-state index < -0.39 is 0 Å². The van der Waals surface area contributed by atoms with Gasteiger partial charge < -0.3 is 10.2 Å². The average Bonchev–Trinajstić information content (AvgIpc) is 3.05. The van der Waals surface area contributed by atoms with Crippen molar-refractivity contribution in [3.63, 3.8) is 0 Å². The van der Waals surface area contributed by atoms with Gasteiger partial charge in [0.05, 0.1) is 6.04 Å². The first-order valence-corrected chi connectivity index (χ1v) is 8.61. The lowest BCUT2D eigenvalue weighted by Gasteiger charge is -2.26. The van der Waals surface area contributed by atoms with Crippen molar-refractivity contribution >= 4 is 17.0 Å². The van der Waals surface area contributed by atoms with Crippen LogP contribution in [-0.2, 0) is 0 Å². The van der Waals surface area contributed by atoms with Crippen LogP contribution in [0.4, 0.5) is 5.69 Å². The zero-order valence-electron chi connectivity index (χ0n) is 13.5. The third kappa shape index (κ3) is 4.08. The van der Waals surface area contributed by atoms with Crippen molar-refractivity contribution in [1.29, 1.82) is 0 Å². The predicted octanol–water partition coefficient (Wildman–Crippen LogP) is 5.01. The molecule has 2 atom stereocenters. The van der Waals surface area contributed by atoms with E-state index in [0.29, 0.717) is 12.1 Å². The number of thiophene rings is 1. The maximum atomic E-state index is 3.53. The first kappa shape index (κ1) is 16.1. The van der Waals surface area contributed by atoms with Crippen molar-refractivity contribution < 1.29 is 0 Å². The lowest BCUT2D eigenvalue weighted by atomic mass is 10.1. The molecule has 114 valence electrons. The number of anilines is 1. The summed E-state index contributed by atoms with van der Waals surface area (Å²) >= 11 is 1.82. The van der Waals surface area contributed by atoms with Crippen LogP contribution in [0.2, 0.25) is 0 Å². The summed E-state index contributed by atoms with van der Waals surface area (Å²) in [6, 6.07) is 14.1. The second-order valence-electron chi connectivity index (χ2n) is 5.57. The van der Waals surface area contributed by atoms with Gasteiger partial charge >= 0.3 is 0 Å². The average molecular weight is 302 g/mol. The van der Waals surface area contributed by atoms with Crippen molar-refractivity contribution in [3.05, 3.63) is 52.2 Å². The summed E-state index contributed by atoms with van der Waals surface area (Å²) in [5, 5.41) is 5.67. The monoisotopic (exact) mass is 302 g/mol. The maximum absolute atomic E-state index is 3.53. The minimum atomic E-state index is 0.409. The SMILES string of the molecule is CCCNC(C)c1ccc(N(C)C(C)c2cccs2)cc1. The van der Waals surface area contributed by atoms with Gasteiger partial charge in [-0.3, -0.25) is 0 Å². The lowest BCUT2D eigenvalue weighted by molar-refractivity contribution is 0.570. The molecule has 0 fully saturated rings. The molecule has 0 saturated heterocycles. The van der Waals surface area contributed by atoms with E-state index in [-0.39, 0.29) is 0 Å². The Balaban J connectivity index is 2.04. The zero-order chi connectivity index (χ0) is 15.2. The molecule has 1 aromatic carbocycles. The Hall–Kier alpha value is -1.32. The first-order valence-electron chi connectivity index (χ1n) is 7.73. The summed E-state index contributed by atoms with van der Waals surface area (Å²) in [5.74, 6) is 0. The largest absolute Gasteiger partial charge is 0.367 e. The molecule has 2 unspecified atom stereocenters. The Bertz CT molecular complexity index is 519. The van der Waals surface area contributed by atoms with Crippen LogP contribution >= 0.6 is 11.3 Å². The zero-order valence-corrected chi connectivity index (χ0v) is 14.3. The molecule has 2 aromatic rings. The molecule has 0 spiro atoms. The minimum absolute atomic E-state index is 0.409. The molecule has 0 bridgehead atoms. The van der Waals surface area contributed by atoms with Gasteiger partial charge in [0.15, 0.2) is 0 Å². The van der Waals surface area contributed by atoms with Crippen molar-refractivity contribution in [2.24, 2.45) is 0 Å². The minimum Gasteiger partial charge on any atom is -0.367 e. The van der Waals surface area contributed by atoms with Gasteiger partial charge in [-0.1, -0.05) is 25.1 Å². The quantitative estimate of drug-likeness (QED) is 0.773. The molecule has 2 rings (SSSR count). The van der Waals surface area contributed by atoms with Gasteiger partial charge in [0.1, 0.15) is 0 Å². The van der Waals surface area contributed by atoms with Crippen LogP contribution < -0.4 is 10.2 Å². The second kappa shape index (κ2) is 7.62. The second-order valence-corrected chi connectivity index (χ2v) is 6.55. The molecular formula is C18H26N2S. The highest BCUT2D eigenvalue weighted by Crippen LogP contribution is 2.28. The van der Waals surface area contributed by atoms with E-state index in [1.54, 1.807) is 0 Å². The highest BCUT2D eigenvalue weighted by molar-refractivity contribution is 7.10. The standard InChI is InChI=1S/C18H26N2S/c1-5-12-19-14(2)16-8-10-17(11-9-16)20(4)15(3)18-7-6-13-21-18/h6-11,13-15,19H,5,12H2,1-4H3. The maximum Gasteiger partial charge on any atom is 0.0603 e. The first-order chi connectivity index (χ1) is 10.1. The molecule has 21 heavy (non-hydrogen) atoms. The number of hydrogen-bond donors (Lipinski definition) is 1. The highest BCUT2D eigenvalue weighted by atomic mass is 32.1. The smallest absolute Gasteiger partial charge is 0.0603 e. The Labute approximate surface area is 132 Å². The molecule has 0 aliphatic heterocycles. The van der Waals surface area contributed by atoms with E-state index in [0.717, 1.165) is 6.54 Å². The van der Waals surface area contributed by atoms with Gasteiger partial charge in [-0.25, -0.2) is 0 Å². The molecule has 0 aliphatic carbocycles. The fourth-order valence-corrected chi connectivity index (χ4v) is 3.25. The van der Waals surface area contributed by atoms with Crippen molar-refractivity contribution in [1.82, 2.24) is 5.32 Å². The summed E-state index contributed by atoms with van der Waals surface area (Å²) in [7, 11) is 2.16. The molecule has 3 heteroatoms. The topological polar surface area (TPSA) is 15.3 Å². The fourth-order valence-electron chi connectivity index (χ4n) is 2.42. The Kier molecular flexibility index (Phi) is 5.83. The van der Waals surface area contributed by atoms with E-state index in [1.807, 2.05) is 11.3 Å². The van der Waals surface area contributed by atoms with Gasteiger partial charge in [0.2, 0.25) is 0 Å². The molecule has 2 nitrogen and oxygen atoms in total.